The summed E-state index contributed by atoms with van der Waals surface area (Å²) in [5.74, 6) is 0.307. The molecule has 7 heteroatoms. The van der Waals surface area contributed by atoms with E-state index in [0.29, 0.717) is 31.6 Å². The van der Waals surface area contributed by atoms with Gasteiger partial charge < -0.3 is 24.4 Å². The lowest BCUT2D eigenvalue weighted by Gasteiger charge is -2.53. The van der Waals surface area contributed by atoms with Crippen molar-refractivity contribution in [2.75, 3.05) is 31.6 Å². The van der Waals surface area contributed by atoms with Crippen LogP contribution in [-0.4, -0.2) is 72.3 Å². The number of nitrogens with zero attached hydrogens (tertiary/aromatic N) is 2. The number of amides is 1. The van der Waals surface area contributed by atoms with Gasteiger partial charge in [-0.15, -0.1) is 0 Å². The molecule has 7 atom stereocenters. The van der Waals surface area contributed by atoms with Crippen LogP contribution in [0.5, 0.6) is 5.75 Å². The number of carbonyl (C=O) groups excluding carboxylic acids is 2. The molecule has 1 aliphatic carbocycles. The minimum atomic E-state index is -0.776. The second-order valence-electron chi connectivity index (χ2n) is 9.79. The number of fused-ring (bicyclic) bond motifs is 6. The van der Waals surface area contributed by atoms with E-state index in [1.807, 2.05) is 6.07 Å². The molecule has 7 nitrogen and oxygen atoms in total. The molecular formula is C22H24N2O5. The van der Waals surface area contributed by atoms with E-state index >= 15 is 0 Å². The van der Waals surface area contributed by atoms with Crippen LogP contribution in [0.25, 0.3) is 0 Å². The summed E-state index contributed by atoms with van der Waals surface area (Å²) < 4.78 is 12.5. The van der Waals surface area contributed by atoms with E-state index in [1.165, 1.54) is 0 Å². The summed E-state index contributed by atoms with van der Waals surface area (Å²) in [5, 5.41) is 10.7. The predicted octanol–water partition coefficient (Wildman–Crippen LogP) is 0.826. The number of benzene rings is 1. The minimum absolute atomic E-state index is 0.000293. The van der Waals surface area contributed by atoms with Gasteiger partial charge in [0.25, 0.3) is 0 Å². The van der Waals surface area contributed by atoms with Crippen LogP contribution in [0, 0.1) is 11.8 Å². The van der Waals surface area contributed by atoms with Crippen LogP contribution in [0.3, 0.4) is 0 Å². The van der Waals surface area contributed by atoms with Crippen LogP contribution in [-0.2, 0) is 24.5 Å². The van der Waals surface area contributed by atoms with Gasteiger partial charge in [-0.2, -0.15) is 0 Å². The van der Waals surface area contributed by atoms with E-state index in [2.05, 4.69) is 11.9 Å². The molecule has 4 bridgehead atoms. The Morgan fingerprint density at radius 3 is 2.97 bits per heavy atom. The fourth-order valence-electron chi connectivity index (χ4n) is 7.52. The number of rotatable bonds is 0. The van der Waals surface area contributed by atoms with E-state index in [-0.39, 0.29) is 53.1 Å². The Morgan fingerprint density at radius 1 is 1.24 bits per heavy atom. The standard InChI is InChI=1S/C22H24N2O5/c1-23-6-5-21-11-3-2-4-13(25)19(11)24-17(27)8-14-18(20(21)24)12(7-15(21)26)22(10-23)16(29-22)9-28-14/h2-4,12,14,16,18,20,25H,5-10H2,1H3/t12-,14-,16-,18+,20+,21-,22+/m1/s1. The number of ether oxygens (including phenoxy) is 2. The third kappa shape index (κ3) is 1.74. The summed E-state index contributed by atoms with van der Waals surface area (Å²) in [6.45, 7) is 2.04. The largest absolute Gasteiger partial charge is 0.506 e. The number of phenols is 1. The van der Waals surface area contributed by atoms with Crippen molar-refractivity contribution >= 4 is 17.4 Å². The molecule has 5 saturated heterocycles. The summed E-state index contributed by atoms with van der Waals surface area (Å²) >= 11 is 0. The van der Waals surface area contributed by atoms with Gasteiger partial charge in [0.05, 0.1) is 36.3 Å². The number of hydrogen-bond donors (Lipinski definition) is 1. The molecule has 1 aromatic carbocycles. The number of anilines is 1. The molecule has 1 saturated carbocycles. The van der Waals surface area contributed by atoms with E-state index in [4.69, 9.17) is 9.47 Å². The Balaban J connectivity index is 1.54. The Hall–Kier alpha value is -1.96. The number of hydrogen-bond acceptors (Lipinski definition) is 6. The Labute approximate surface area is 168 Å². The molecule has 1 amide bonds. The average molecular weight is 396 g/mol. The molecule has 0 aromatic heterocycles. The van der Waals surface area contributed by atoms with Crippen LogP contribution >= 0.6 is 0 Å². The lowest BCUT2D eigenvalue weighted by Crippen LogP contribution is -2.67. The van der Waals surface area contributed by atoms with E-state index in [9.17, 15) is 14.7 Å². The van der Waals surface area contributed by atoms with Crippen molar-refractivity contribution in [2.24, 2.45) is 11.8 Å². The van der Waals surface area contributed by atoms with Gasteiger partial charge in [0.2, 0.25) is 5.91 Å². The molecule has 2 spiro atoms. The molecule has 0 unspecified atom stereocenters. The second kappa shape index (κ2) is 5.02. The molecule has 0 radical (unpaired) electrons. The van der Waals surface area contributed by atoms with Crippen molar-refractivity contribution in [3.63, 3.8) is 0 Å². The van der Waals surface area contributed by atoms with Gasteiger partial charge in [-0.3, -0.25) is 9.59 Å². The average Bonchev–Trinajstić information content (AvgIpc) is 3.28. The number of epoxide rings is 1. The molecule has 7 aliphatic rings. The zero-order valence-electron chi connectivity index (χ0n) is 16.3. The van der Waals surface area contributed by atoms with Gasteiger partial charge >= 0.3 is 0 Å². The van der Waals surface area contributed by atoms with Crippen molar-refractivity contribution in [3.05, 3.63) is 23.8 Å². The van der Waals surface area contributed by atoms with E-state index in [1.54, 1.807) is 17.0 Å². The smallest absolute Gasteiger partial charge is 0.230 e. The monoisotopic (exact) mass is 396 g/mol. The highest BCUT2D eigenvalue weighted by molar-refractivity contribution is 6.07. The number of ketones is 1. The highest BCUT2D eigenvalue weighted by atomic mass is 16.6. The van der Waals surface area contributed by atoms with E-state index < -0.39 is 5.41 Å². The maximum atomic E-state index is 13.9. The van der Waals surface area contributed by atoms with Crippen LogP contribution in [0.15, 0.2) is 18.2 Å². The molecule has 1 aromatic rings. The summed E-state index contributed by atoms with van der Waals surface area (Å²) in [7, 11) is 2.09. The lowest BCUT2D eigenvalue weighted by molar-refractivity contribution is -0.144. The van der Waals surface area contributed by atoms with Gasteiger partial charge in [-0.05, 0) is 31.6 Å². The molecule has 1 N–H and O–H groups in total. The number of phenolic OH excluding ortho intramolecular Hbond substituents is 1. The highest BCUT2D eigenvalue weighted by Gasteiger charge is 2.75. The zero-order valence-corrected chi connectivity index (χ0v) is 16.3. The summed E-state index contributed by atoms with van der Waals surface area (Å²) in [5.41, 5.74) is 0.233. The summed E-state index contributed by atoms with van der Waals surface area (Å²) in [6, 6.07) is 5.06. The Morgan fingerprint density at radius 2 is 2.10 bits per heavy atom. The fourth-order valence-corrected chi connectivity index (χ4v) is 7.52. The van der Waals surface area contributed by atoms with Gasteiger partial charge in [0.1, 0.15) is 23.2 Å². The Bertz CT molecular complexity index is 980. The Kier molecular flexibility index (Phi) is 2.91. The number of piperidine rings is 1. The maximum absolute atomic E-state index is 13.9. The molecule has 8 rings (SSSR count). The van der Waals surface area contributed by atoms with Crippen molar-refractivity contribution in [1.29, 1.82) is 0 Å². The normalized spacial score (nSPS) is 47.1. The van der Waals surface area contributed by atoms with Gasteiger partial charge in [-0.25, -0.2) is 0 Å². The predicted molar refractivity (Wildman–Crippen MR) is 102 cm³/mol. The van der Waals surface area contributed by atoms with Crippen LogP contribution in [0.1, 0.15) is 24.8 Å². The lowest BCUT2D eigenvalue weighted by atomic mass is 9.54. The van der Waals surface area contributed by atoms with Crippen molar-refractivity contribution in [2.45, 2.75) is 48.5 Å². The van der Waals surface area contributed by atoms with Crippen LogP contribution < -0.4 is 4.90 Å². The number of carbonyl (C=O) groups is 2. The summed E-state index contributed by atoms with van der Waals surface area (Å²) in [6.07, 6.45) is 1.22. The number of para-hydroxylation sites is 1. The van der Waals surface area contributed by atoms with Crippen LogP contribution in [0.2, 0.25) is 0 Å². The third-order valence-electron chi connectivity index (χ3n) is 8.67. The van der Waals surface area contributed by atoms with Gasteiger partial charge in [0, 0.05) is 24.8 Å². The summed E-state index contributed by atoms with van der Waals surface area (Å²) in [4.78, 5) is 31.3. The number of Topliss-reactive ketones (excluding diaryl/α,β-unsaturated/α-hetero) is 1. The SMILES string of the molecule is CN1CC[C@@]23C(=O)C[C@@H]4[C@@H]5[C@@H]2N(C(=O)C[C@H]5OC[C@H]2O[C@@]42C1)c1c(O)cccc13. The first-order valence-electron chi connectivity index (χ1n) is 10.6. The topological polar surface area (TPSA) is 82.6 Å². The minimum Gasteiger partial charge on any atom is -0.506 e. The van der Waals surface area contributed by atoms with Crippen molar-refractivity contribution < 1.29 is 24.2 Å². The molecule has 152 valence electrons. The first-order chi connectivity index (χ1) is 14.0. The first kappa shape index (κ1) is 16.8. The second-order valence-corrected chi connectivity index (χ2v) is 9.79. The van der Waals surface area contributed by atoms with Gasteiger partial charge in [-0.1, -0.05) is 12.1 Å². The van der Waals surface area contributed by atoms with Gasteiger partial charge in [0.15, 0.2) is 0 Å². The maximum Gasteiger partial charge on any atom is 0.230 e. The molecule has 29 heavy (non-hydrogen) atoms. The molecule has 6 fully saturated rings. The van der Waals surface area contributed by atoms with Crippen LogP contribution in [0.4, 0.5) is 5.69 Å². The fraction of sp³-hybridized carbons (Fsp3) is 0.636. The van der Waals surface area contributed by atoms with E-state index in [0.717, 1.165) is 18.7 Å². The number of aromatic hydroxyl groups is 1. The quantitative estimate of drug-likeness (QED) is 0.654. The number of likely N-dealkylation sites (N-methyl/N-ethyl adjacent to an activating group) is 1. The molecule has 6 aliphatic heterocycles. The highest BCUT2D eigenvalue weighted by Crippen LogP contribution is 2.65. The molecular weight excluding hydrogens is 372 g/mol. The third-order valence-corrected chi connectivity index (χ3v) is 8.67. The molecule has 6 heterocycles. The zero-order chi connectivity index (χ0) is 19.7. The van der Waals surface area contributed by atoms with Crippen molar-refractivity contribution in [3.8, 4) is 5.75 Å². The first-order valence-corrected chi connectivity index (χ1v) is 10.6. The van der Waals surface area contributed by atoms with Crippen molar-refractivity contribution in [1.82, 2.24) is 4.90 Å².